The quantitative estimate of drug-likeness (QED) is 0.543. The maximum atomic E-state index is 12.2. The van der Waals surface area contributed by atoms with E-state index < -0.39 is 4.92 Å². The number of hydrogen-bond acceptors (Lipinski definition) is 4. The standard InChI is InChI=1S/C19H20N4O3/c1-13(2)22-17-9-4-3-8-16(17)21-18(22)10-11-20-19(24)14-6-5-7-15(12-14)23(25)26/h3-9,12-13H,10-11H2,1-2H3,(H,20,24). The van der Waals surface area contributed by atoms with Gasteiger partial charge in [-0.1, -0.05) is 18.2 Å². The number of nitrogens with zero attached hydrogens (tertiary/aromatic N) is 3. The minimum Gasteiger partial charge on any atom is -0.352 e. The van der Waals surface area contributed by atoms with Crippen molar-refractivity contribution in [1.82, 2.24) is 14.9 Å². The number of nitro benzene ring substituents is 1. The summed E-state index contributed by atoms with van der Waals surface area (Å²) in [6, 6.07) is 13.9. The van der Waals surface area contributed by atoms with Gasteiger partial charge in [0, 0.05) is 36.7 Å². The SMILES string of the molecule is CC(C)n1c(CCNC(=O)c2cccc([N+](=O)[O-])c2)nc2ccccc21. The number of hydrogen-bond donors (Lipinski definition) is 1. The fourth-order valence-corrected chi connectivity index (χ4v) is 3.00. The van der Waals surface area contributed by atoms with Crippen molar-refractivity contribution < 1.29 is 9.72 Å². The molecule has 7 nitrogen and oxygen atoms in total. The molecule has 0 saturated carbocycles. The van der Waals surface area contributed by atoms with E-state index in [0.29, 0.717) is 13.0 Å². The van der Waals surface area contributed by atoms with Crippen LogP contribution in [-0.4, -0.2) is 26.9 Å². The van der Waals surface area contributed by atoms with Crippen molar-refractivity contribution in [2.45, 2.75) is 26.3 Å². The molecule has 7 heteroatoms. The number of para-hydroxylation sites is 2. The predicted molar refractivity (Wildman–Crippen MR) is 99.3 cm³/mol. The van der Waals surface area contributed by atoms with Crippen LogP contribution in [-0.2, 0) is 6.42 Å². The highest BCUT2D eigenvalue weighted by Gasteiger charge is 2.14. The fourth-order valence-electron chi connectivity index (χ4n) is 3.00. The van der Waals surface area contributed by atoms with Crippen LogP contribution in [0.4, 0.5) is 5.69 Å². The topological polar surface area (TPSA) is 90.1 Å². The number of nitrogens with one attached hydrogen (secondary N) is 1. The second-order valence-electron chi connectivity index (χ2n) is 6.29. The molecule has 0 aliphatic rings. The van der Waals surface area contributed by atoms with Crippen molar-refractivity contribution in [2.75, 3.05) is 6.54 Å². The molecule has 0 unspecified atom stereocenters. The van der Waals surface area contributed by atoms with Crippen molar-refractivity contribution in [3.8, 4) is 0 Å². The Kier molecular flexibility index (Phi) is 4.97. The molecule has 1 N–H and O–H groups in total. The first-order valence-corrected chi connectivity index (χ1v) is 8.46. The van der Waals surface area contributed by atoms with Gasteiger partial charge in [-0.2, -0.15) is 0 Å². The number of nitro groups is 1. The number of carbonyl (C=O) groups excluding carboxylic acids is 1. The third-order valence-electron chi connectivity index (χ3n) is 4.14. The van der Waals surface area contributed by atoms with Gasteiger partial charge in [0.05, 0.1) is 16.0 Å². The van der Waals surface area contributed by atoms with Gasteiger partial charge in [0.1, 0.15) is 5.82 Å². The first kappa shape index (κ1) is 17.6. The van der Waals surface area contributed by atoms with Crippen LogP contribution in [0.5, 0.6) is 0 Å². The number of amides is 1. The zero-order chi connectivity index (χ0) is 18.7. The molecule has 3 rings (SSSR count). The Bertz CT molecular complexity index is 962. The third-order valence-corrected chi connectivity index (χ3v) is 4.14. The Morgan fingerprint density at radius 1 is 1.23 bits per heavy atom. The molecule has 134 valence electrons. The van der Waals surface area contributed by atoms with Crippen molar-refractivity contribution in [1.29, 1.82) is 0 Å². The Hall–Kier alpha value is -3.22. The third kappa shape index (κ3) is 3.56. The molecule has 0 aliphatic heterocycles. The predicted octanol–water partition coefficient (Wildman–Crippen LogP) is 3.50. The van der Waals surface area contributed by atoms with Crippen LogP contribution in [0.25, 0.3) is 11.0 Å². The normalized spacial score (nSPS) is 11.0. The van der Waals surface area contributed by atoms with Crippen LogP contribution in [0.1, 0.15) is 36.1 Å². The summed E-state index contributed by atoms with van der Waals surface area (Å²) < 4.78 is 2.16. The Morgan fingerprint density at radius 3 is 2.73 bits per heavy atom. The zero-order valence-corrected chi connectivity index (χ0v) is 14.7. The molecule has 0 atom stereocenters. The van der Waals surface area contributed by atoms with Crippen LogP contribution in [0, 0.1) is 10.1 Å². The summed E-state index contributed by atoms with van der Waals surface area (Å²) >= 11 is 0. The molecule has 0 aliphatic carbocycles. The van der Waals surface area contributed by atoms with Gasteiger partial charge in [-0.3, -0.25) is 14.9 Å². The van der Waals surface area contributed by atoms with E-state index in [1.807, 2.05) is 24.3 Å². The van der Waals surface area contributed by atoms with Crippen LogP contribution in [0.2, 0.25) is 0 Å². The fraction of sp³-hybridized carbons (Fsp3) is 0.263. The van der Waals surface area contributed by atoms with Gasteiger partial charge in [0.15, 0.2) is 0 Å². The molecule has 1 amide bonds. The number of non-ortho nitro benzene ring substituents is 1. The summed E-state index contributed by atoms with van der Waals surface area (Å²) in [6.07, 6.45) is 0.577. The van der Waals surface area contributed by atoms with E-state index in [0.717, 1.165) is 16.9 Å². The number of aromatic nitrogens is 2. The number of fused-ring (bicyclic) bond motifs is 1. The highest BCUT2D eigenvalue weighted by Crippen LogP contribution is 2.21. The Labute approximate surface area is 150 Å². The maximum absolute atomic E-state index is 12.2. The van der Waals surface area contributed by atoms with E-state index in [-0.39, 0.29) is 23.2 Å². The Morgan fingerprint density at radius 2 is 2.00 bits per heavy atom. The zero-order valence-electron chi connectivity index (χ0n) is 14.7. The van der Waals surface area contributed by atoms with Crippen LogP contribution in [0.3, 0.4) is 0 Å². The average Bonchev–Trinajstić information content (AvgIpc) is 3.00. The first-order chi connectivity index (χ1) is 12.5. The average molecular weight is 352 g/mol. The molecule has 0 bridgehead atoms. The second kappa shape index (κ2) is 7.35. The van der Waals surface area contributed by atoms with E-state index in [1.54, 1.807) is 6.07 Å². The lowest BCUT2D eigenvalue weighted by Crippen LogP contribution is -2.26. The molecular formula is C19H20N4O3. The van der Waals surface area contributed by atoms with E-state index in [9.17, 15) is 14.9 Å². The highest BCUT2D eigenvalue weighted by molar-refractivity contribution is 5.94. The smallest absolute Gasteiger partial charge is 0.270 e. The lowest BCUT2D eigenvalue weighted by atomic mass is 10.2. The molecule has 0 fully saturated rings. The van der Waals surface area contributed by atoms with Crippen LogP contribution >= 0.6 is 0 Å². The highest BCUT2D eigenvalue weighted by atomic mass is 16.6. The molecule has 3 aromatic rings. The molecule has 0 spiro atoms. The molecule has 1 aromatic heterocycles. The van der Waals surface area contributed by atoms with E-state index in [1.165, 1.54) is 18.2 Å². The van der Waals surface area contributed by atoms with E-state index in [4.69, 9.17) is 0 Å². The first-order valence-electron chi connectivity index (χ1n) is 8.46. The minimum atomic E-state index is -0.512. The maximum Gasteiger partial charge on any atom is 0.270 e. The molecule has 2 aromatic carbocycles. The van der Waals surface area contributed by atoms with Crippen molar-refractivity contribution in [3.05, 3.63) is 70.0 Å². The summed E-state index contributed by atoms with van der Waals surface area (Å²) in [6.45, 7) is 4.59. The van der Waals surface area contributed by atoms with E-state index in [2.05, 4.69) is 28.7 Å². The van der Waals surface area contributed by atoms with E-state index >= 15 is 0 Å². The summed E-state index contributed by atoms with van der Waals surface area (Å²) in [7, 11) is 0. The van der Waals surface area contributed by atoms with Crippen molar-refractivity contribution >= 4 is 22.6 Å². The number of rotatable bonds is 6. The molecule has 1 heterocycles. The van der Waals surface area contributed by atoms with Crippen molar-refractivity contribution in [3.63, 3.8) is 0 Å². The second-order valence-corrected chi connectivity index (χ2v) is 6.29. The number of benzene rings is 2. The van der Waals surface area contributed by atoms with Gasteiger partial charge in [-0.05, 0) is 32.0 Å². The Balaban J connectivity index is 1.71. The molecule has 0 radical (unpaired) electrons. The van der Waals surface area contributed by atoms with Gasteiger partial charge in [-0.25, -0.2) is 4.98 Å². The summed E-state index contributed by atoms with van der Waals surface area (Å²) in [5.74, 6) is 0.571. The molecule has 0 saturated heterocycles. The summed E-state index contributed by atoms with van der Waals surface area (Å²) in [5.41, 5.74) is 2.18. The summed E-state index contributed by atoms with van der Waals surface area (Å²) in [4.78, 5) is 27.2. The largest absolute Gasteiger partial charge is 0.352 e. The molecular weight excluding hydrogens is 332 g/mol. The van der Waals surface area contributed by atoms with Gasteiger partial charge < -0.3 is 9.88 Å². The summed E-state index contributed by atoms with van der Waals surface area (Å²) in [5, 5.41) is 13.6. The van der Waals surface area contributed by atoms with Gasteiger partial charge in [0.2, 0.25) is 0 Å². The van der Waals surface area contributed by atoms with Crippen molar-refractivity contribution in [2.24, 2.45) is 0 Å². The monoisotopic (exact) mass is 352 g/mol. The minimum absolute atomic E-state index is 0.0979. The van der Waals surface area contributed by atoms with Gasteiger partial charge in [-0.15, -0.1) is 0 Å². The van der Waals surface area contributed by atoms with Crippen LogP contribution < -0.4 is 5.32 Å². The lowest BCUT2D eigenvalue weighted by Gasteiger charge is -2.13. The molecule has 26 heavy (non-hydrogen) atoms. The lowest BCUT2D eigenvalue weighted by molar-refractivity contribution is -0.384. The van der Waals surface area contributed by atoms with Gasteiger partial charge >= 0.3 is 0 Å². The number of carbonyl (C=O) groups is 1. The number of imidazole rings is 1. The van der Waals surface area contributed by atoms with Gasteiger partial charge in [0.25, 0.3) is 11.6 Å². The van der Waals surface area contributed by atoms with Crippen LogP contribution in [0.15, 0.2) is 48.5 Å².